The molecule has 37 heavy (non-hydrogen) atoms. The minimum atomic E-state index is -0.306. The Morgan fingerprint density at radius 2 is 1.92 bits per heavy atom. The van der Waals surface area contributed by atoms with E-state index in [2.05, 4.69) is 22.5 Å². The third kappa shape index (κ3) is 5.24. The van der Waals surface area contributed by atoms with Crippen LogP contribution in [0.4, 0.5) is 10.1 Å². The first-order chi connectivity index (χ1) is 18.0. The summed E-state index contributed by atoms with van der Waals surface area (Å²) in [5, 5.41) is 7.01. The Balaban J connectivity index is 1.44. The molecule has 3 heterocycles. The summed E-state index contributed by atoms with van der Waals surface area (Å²) in [6, 6.07) is 23.5. The fourth-order valence-electron chi connectivity index (χ4n) is 4.85. The minimum absolute atomic E-state index is 0.0794. The van der Waals surface area contributed by atoms with Gasteiger partial charge in [0, 0.05) is 42.4 Å². The number of aromatic nitrogens is 2. The number of hydrogen-bond acceptors (Lipinski definition) is 3. The SMILES string of the molecule is CCc1ccccc1NC(=O)CCN1C(=S)N[C@@H](c2ccccn2)[C@@H]1c1cccn1-c1cccc(F)c1. The fraction of sp³-hybridized carbons (Fsp3) is 0.207. The fourth-order valence-corrected chi connectivity index (χ4v) is 5.18. The predicted octanol–water partition coefficient (Wildman–Crippen LogP) is 5.58. The van der Waals surface area contributed by atoms with Crippen molar-refractivity contribution in [1.29, 1.82) is 0 Å². The number of nitrogens with zero attached hydrogens (tertiary/aromatic N) is 3. The number of pyridine rings is 1. The second-order valence-electron chi connectivity index (χ2n) is 8.91. The lowest BCUT2D eigenvalue weighted by Crippen LogP contribution is -2.33. The highest BCUT2D eigenvalue weighted by Gasteiger charge is 2.41. The highest BCUT2D eigenvalue weighted by Crippen LogP contribution is 2.39. The van der Waals surface area contributed by atoms with Crippen LogP contribution < -0.4 is 10.6 Å². The topological polar surface area (TPSA) is 62.2 Å². The van der Waals surface area contributed by atoms with E-state index in [0.29, 0.717) is 17.3 Å². The Hall–Kier alpha value is -4.04. The van der Waals surface area contributed by atoms with Crippen molar-refractivity contribution in [2.75, 3.05) is 11.9 Å². The number of benzene rings is 2. The van der Waals surface area contributed by atoms with E-state index in [4.69, 9.17) is 12.2 Å². The third-order valence-corrected chi connectivity index (χ3v) is 6.97. The average Bonchev–Trinajstić information content (AvgIpc) is 3.52. The van der Waals surface area contributed by atoms with Crippen LogP contribution in [0.5, 0.6) is 0 Å². The number of halogens is 1. The van der Waals surface area contributed by atoms with Crippen LogP contribution >= 0.6 is 12.2 Å². The van der Waals surface area contributed by atoms with Crippen LogP contribution in [0.15, 0.2) is 91.3 Å². The zero-order valence-corrected chi connectivity index (χ0v) is 21.3. The zero-order valence-electron chi connectivity index (χ0n) is 20.5. The summed E-state index contributed by atoms with van der Waals surface area (Å²) < 4.78 is 16.0. The monoisotopic (exact) mass is 513 g/mol. The second-order valence-corrected chi connectivity index (χ2v) is 9.30. The predicted molar refractivity (Wildman–Crippen MR) is 147 cm³/mol. The summed E-state index contributed by atoms with van der Waals surface area (Å²) in [6.07, 6.45) is 4.75. The van der Waals surface area contributed by atoms with Crippen LogP contribution in [0, 0.1) is 5.82 Å². The molecule has 1 saturated heterocycles. The normalized spacial score (nSPS) is 17.0. The molecule has 1 aliphatic heterocycles. The van der Waals surface area contributed by atoms with Gasteiger partial charge in [0.2, 0.25) is 5.91 Å². The standard InChI is InChI=1S/C29H28FN5OS/c1-2-20-9-3-4-12-23(20)32-26(36)15-18-35-28(27(33-29(35)37)24-13-5-6-16-31-24)25-14-8-17-34(25)22-11-7-10-21(30)19-22/h3-14,16-17,19,27-28H,2,15,18H2,1H3,(H,32,36)(H,33,37)/t27-,28-/m0/s1. The van der Waals surface area contributed by atoms with Gasteiger partial charge in [-0.15, -0.1) is 0 Å². The van der Waals surface area contributed by atoms with Crippen LogP contribution in [-0.4, -0.2) is 32.0 Å². The van der Waals surface area contributed by atoms with Gasteiger partial charge in [0.05, 0.1) is 17.8 Å². The summed E-state index contributed by atoms with van der Waals surface area (Å²) in [5.74, 6) is -0.386. The largest absolute Gasteiger partial charge is 0.352 e. The molecule has 0 saturated carbocycles. The van der Waals surface area contributed by atoms with Crippen molar-refractivity contribution in [2.24, 2.45) is 0 Å². The van der Waals surface area contributed by atoms with Gasteiger partial charge in [-0.1, -0.05) is 37.3 Å². The number of nitrogens with one attached hydrogen (secondary N) is 2. The van der Waals surface area contributed by atoms with Crippen LogP contribution in [-0.2, 0) is 11.2 Å². The Morgan fingerprint density at radius 1 is 1.08 bits per heavy atom. The molecule has 1 amide bonds. The van der Waals surface area contributed by atoms with Crippen molar-refractivity contribution in [3.8, 4) is 5.69 Å². The number of hydrogen-bond donors (Lipinski definition) is 2. The van der Waals surface area contributed by atoms with E-state index in [9.17, 15) is 9.18 Å². The molecular formula is C29H28FN5OS. The van der Waals surface area contributed by atoms with Gasteiger partial charge in [-0.3, -0.25) is 9.78 Å². The maximum Gasteiger partial charge on any atom is 0.226 e. The van der Waals surface area contributed by atoms with Crippen LogP contribution in [0.3, 0.4) is 0 Å². The molecule has 0 unspecified atom stereocenters. The summed E-state index contributed by atoms with van der Waals surface area (Å²) in [6.45, 7) is 2.48. The number of aryl methyl sites for hydroxylation is 1. The molecule has 4 aromatic rings. The van der Waals surface area contributed by atoms with Crippen molar-refractivity contribution in [3.63, 3.8) is 0 Å². The molecule has 1 aliphatic rings. The van der Waals surface area contributed by atoms with E-state index in [1.54, 1.807) is 12.3 Å². The molecule has 0 radical (unpaired) electrons. The molecule has 0 bridgehead atoms. The van der Waals surface area contributed by atoms with Gasteiger partial charge in [0.15, 0.2) is 5.11 Å². The average molecular weight is 514 g/mol. The molecule has 188 valence electrons. The lowest BCUT2D eigenvalue weighted by Gasteiger charge is -2.29. The lowest BCUT2D eigenvalue weighted by atomic mass is 10.0. The first kappa shape index (κ1) is 24.6. The third-order valence-electron chi connectivity index (χ3n) is 6.62. The van der Waals surface area contributed by atoms with E-state index in [0.717, 1.165) is 29.1 Å². The number of thiocarbonyl (C=S) groups is 1. The van der Waals surface area contributed by atoms with Crippen LogP contribution in [0.25, 0.3) is 5.69 Å². The van der Waals surface area contributed by atoms with Gasteiger partial charge in [0.1, 0.15) is 5.82 Å². The molecule has 0 spiro atoms. The van der Waals surface area contributed by atoms with E-state index < -0.39 is 0 Å². The lowest BCUT2D eigenvalue weighted by molar-refractivity contribution is -0.116. The Bertz CT molecular complexity index is 1410. The van der Waals surface area contributed by atoms with E-state index >= 15 is 0 Å². The van der Waals surface area contributed by atoms with Crippen molar-refractivity contribution in [2.45, 2.75) is 31.8 Å². The maximum atomic E-state index is 14.1. The summed E-state index contributed by atoms with van der Waals surface area (Å²) in [4.78, 5) is 19.6. The Kier molecular flexibility index (Phi) is 7.28. The second kappa shape index (κ2) is 10.9. The number of amides is 1. The molecule has 2 aromatic carbocycles. The van der Waals surface area contributed by atoms with Gasteiger partial charge in [-0.25, -0.2) is 4.39 Å². The molecule has 2 atom stereocenters. The number of rotatable bonds is 8. The van der Waals surface area contributed by atoms with Gasteiger partial charge in [0.25, 0.3) is 0 Å². The van der Waals surface area contributed by atoms with E-state index in [1.165, 1.54) is 12.1 Å². The molecule has 2 N–H and O–H groups in total. The van der Waals surface area contributed by atoms with Crippen molar-refractivity contribution < 1.29 is 9.18 Å². The highest BCUT2D eigenvalue weighted by atomic mass is 32.1. The van der Waals surface area contributed by atoms with Gasteiger partial charge in [-0.2, -0.15) is 0 Å². The number of para-hydroxylation sites is 1. The van der Waals surface area contributed by atoms with Crippen molar-refractivity contribution in [1.82, 2.24) is 19.8 Å². The highest BCUT2D eigenvalue weighted by molar-refractivity contribution is 7.80. The molecule has 1 fully saturated rings. The van der Waals surface area contributed by atoms with Crippen molar-refractivity contribution >= 4 is 28.9 Å². The van der Waals surface area contributed by atoms with Gasteiger partial charge < -0.3 is 20.1 Å². The molecule has 6 nitrogen and oxygen atoms in total. The Labute approximate surface area is 221 Å². The first-order valence-corrected chi connectivity index (χ1v) is 12.7. The summed E-state index contributed by atoms with van der Waals surface area (Å²) in [7, 11) is 0. The van der Waals surface area contributed by atoms with Crippen LogP contribution in [0.1, 0.15) is 42.4 Å². The maximum absolute atomic E-state index is 14.1. The molecule has 2 aromatic heterocycles. The van der Waals surface area contributed by atoms with Crippen molar-refractivity contribution in [3.05, 3.63) is 114 Å². The summed E-state index contributed by atoms with van der Waals surface area (Å²) in [5.41, 5.74) is 4.40. The smallest absolute Gasteiger partial charge is 0.226 e. The number of carbonyl (C=O) groups is 1. The first-order valence-electron chi connectivity index (χ1n) is 12.3. The number of carbonyl (C=O) groups excluding carboxylic acids is 1. The van der Waals surface area contributed by atoms with E-state index in [1.807, 2.05) is 76.3 Å². The molecule has 5 rings (SSSR count). The summed E-state index contributed by atoms with van der Waals surface area (Å²) >= 11 is 5.76. The number of anilines is 1. The minimum Gasteiger partial charge on any atom is -0.352 e. The van der Waals surface area contributed by atoms with Gasteiger partial charge in [-0.05, 0) is 72.7 Å². The van der Waals surface area contributed by atoms with Crippen LogP contribution in [0.2, 0.25) is 0 Å². The quantitative estimate of drug-likeness (QED) is 0.302. The zero-order chi connectivity index (χ0) is 25.8. The molecular weight excluding hydrogens is 485 g/mol. The molecule has 8 heteroatoms. The molecule has 0 aliphatic carbocycles. The Morgan fingerprint density at radius 3 is 2.70 bits per heavy atom. The van der Waals surface area contributed by atoms with Gasteiger partial charge >= 0.3 is 0 Å². The van der Waals surface area contributed by atoms with E-state index in [-0.39, 0.29) is 30.2 Å².